The van der Waals surface area contributed by atoms with Gasteiger partial charge in [0.25, 0.3) is 0 Å². The van der Waals surface area contributed by atoms with Crippen LogP contribution >= 0.6 is 0 Å². The van der Waals surface area contributed by atoms with Gasteiger partial charge in [-0.15, -0.1) is 5.53 Å². The van der Waals surface area contributed by atoms with Crippen LogP contribution in [0, 0.1) is 20.8 Å². The number of hydrazine groups is 2. The predicted molar refractivity (Wildman–Crippen MR) is 166 cm³/mol. The smallest absolute Gasteiger partial charge is 0.0918 e. The fraction of sp³-hybridized carbons (Fsp3) is 0.486. The lowest BCUT2D eigenvalue weighted by Crippen LogP contribution is -2.42. The SMILES string of the molecule is Cc1cc(C)c(C2CN(c3c(C(C)C)cccc3C(C)C)NN2c2c(C(C)C)cccc2C(C)C)c(C)c1. The standard InChI is InChI=1S/C35H49N3/c1-21(2)28-14-12-15-29(22(3)4)34(28)37-20-32(33-26(10)18-25(9)19-27(33)11)38(36-37)35-30(23(5)6)16-13-17-31(35)24(7)8/h12-19,21-24,32,36H,20H2,1-11H3. The molecule has 38 heavy (non-hydrogen) atoms. The van der Waals surface area contributed by atoms with Gasteiger partial charge in [-0.3, -0.25) is 10.0 Å². The summed E-state index contributed by atoms with van der Waals surface area (Å²) < 4.78 is 0. The van der Waals surface area contributed by atoms with Crippen LogP contribution in [0.25, 0.3) is 0 Å². The van der Waals surface area contributed by atoms with Crippen molar-refractivity contribution in [3.63, 3.8) is 0 Å². The Balaban J connectivity index is 1.99. The van der Waals surface area contributed by atoms with Gasteiger partial charge in [0.2, 0.25) is 0 Å². The van der Waals surface area contributed by atoms with Crippen LogP contribution < -0.4 is 15.6 Å². The van der Waals surface area contributed by atoms with Crippen LogP contribution in [0.1, 0.15) is 130 Å². The second-order valence-corrected chi connectivity index (χ2v) is 12.6. The summed E-state index contributed by atoms with van der Waals surface area (Å²) in [6.45, 7) is 26.2. The molecule has 0 spiro atoms. The molecule has 1 aliphatic heterocycles. The van der Waals surface area contributed by atoms with E-state index in [9.17, 15) is 0 Å². The molecule has 1 atom stereocenters. The van der Waals surface area contributed by atoms with E-state index in [0.717, 1.165) is 6.54 Å². The van der Waals surface area contributed by atoms with E-state index in [2.05, 4.69) is 140 Å². The summed E-state index contributed by atoms with van der Waals surface area (Å²) in [4.78, 5) is 0. The molecule has 4 rings (SSSR count). The van der Waals surface area contributed by atoms with E-state index in [4.69, 9.17) is 0 Å². The van der Waals surface area contributed by atoms with Crippen molar-refractivity contribution in [2.24, 2.45) is 0 Å². The number of nitrogens with zero attached hydrogens (tertiary/aromatic N) is 2. The van der Waals surface area contributed by atoms with Crippen LogP contribution in [0.3, 0.4) is 0 Å². The first-order valence-corrected chi connectivity index (χ1v) is 14.6. The van der Waals surface area contributed by atoms with Gasteiger partial charge >= 0.3 is 0 Å². The van der Waals surface area contributed by atoms with Crippen LogP contribution in [-0.2, 0) is 0 Å². The largest absolute Gasteiger partial charge is 0.288 e. The highest BCUT2D eigenvalue weighted by Gasteiger charge is 2.38. The summed E-state index contributed by atoms with van der Waals surface area (Å²) >= 11 is 0. The first-order chi connectivity index (χ1) is 17.9. The highest BCUT2D eigenvalue weighted by atomic mass is 15.8. The maximum atomic E-state index is 3.99. The van der Waals surface area contributed by atoms with Crippen LogP contribution in [0.15, 0.2) is 48.5 Å². The van der Waals surface area contributed by atoms with Crippen LogP contribution in [0.2, 0.25) is 0 Å². The Morgan fingerprint density at radius 2 is 1.03 bits per heavy atom. The Bertz CT molecular complexity index is 1210. The third kappa shape index (κ3) is 5.23. The van der Waals surface area contributed by atoms with Gasteiger partial charge in [-0.25, -0.2) is 0 Å². The average molecular weight is 512 g/mol. The number of rotatable bonds is 7. The Hall–Kier alpha value is -2.78. The van der Waals surface area contributed by atoms with Crippen molar-refractivity contribution in [1.29, 1.82) is 0 Å². The van der Waals surface area contributed by atoms with E-state index in [1.807, 2.05) is 0 Å². The number of hydrogen-bond donors (Lipinski definition) is 1. The quantitative estimate of drug-likeness (QED) is 0.341. The summed E-state index contributed by atoms with van der Waals surface area (Å²) in [6, 6.07) is 18.6. The minimum Gasteiger partial charge on any atom is -0.288 e. The highest BCUT2D eigenvalue weighted by Crippen LogP contribution is 2.44. The zero-order valence-electron chi connectivity index (χ0n) is 25.6. The third-order valence-corrected chi connectivity index (χ3v) is 8.16. The number of nitrogens with one attached hydrogen (secondary N) is 1. The van der Waals surface area contributed by atoms with Crippen molar-refractivity contribution < 1.29 is 0 Å². The molecule has 3 heteroatoms. The molecule has 0 aliphatic carbocycles. The monoisotopic (exact) mass is 511 g/mol. The summed E-state index contributed by atoms with van der Waals surface area (Å²) in [5, 5.41) is 4.96. The number of aryl methyl sites for hydroxylation is 3. The van der Waals surface area contributed by atoms with E-state index in [1.54, 1.807) is 0 Å². The number of hydrogen-bond acceptors (Lipinski definition) is 3. The molecule has 3 aromatic rings. The summed E-state index contributed by atoms with van der Waals surface area (Å²) in [5.41, 5.74) is 17.8. The van der Waals surface area contributed by atoms with Gasteiger partial charge in [0.15, 0.2) is 0 Å². The van der Waals surface area contributed by atoms with Gasteiger partial charge in [-0.2, -0.15) is 0 Å². The minimum absolute atomic E-state index is 0.188. The van der Waals surface area contributed by atoms with Gasteiger partial charge in [-0.1, -0.05) is 109 Å². The molecule has 1 aliphatic rings. The van der Waals surface area contributed by atoms with Crippen molar-refractivity contribution in [2.75, 3.05) is 16.6 Å². The van der Waals surface area contributed by atoms with Crippen molar-refractivity contribution in [2.45, 2.75) is 106 Å². The fourth-order valence-electron chi connectivity index (χ4n) is 6.39. The van der Waals surface area contributed by atoms with Gasteiger partial charge in [-0.05, 0) is 83.4 Å². The zero-order chi connectivity index (χ0) is 27.9. The van der Waals surface area contributed by atoms with E-state index < -0.39 is 0 Å². The molecule has 1 unspecified atom stereocenters. The molecule has 1 heterocycles. The molecule has 3 aromatic carbocycles. The zero-order valence-corrected chi connectivity index (χ0v) is 25.6. The maximum Gasteiger partial charge on any atom is 0.0918 e. The van der Waals surface area contributed by atoms with Crippen molar-refractivity contribution in [1.82, 2.24) is 5.53 Å². The van der Waals surface area contributed by atoms with Crippen molar-refractivity contribution in [3.05, 3.63) is 93.0 Å². The van der Waals surface area contributed by atoms with E-state index in [0.29, 0.717) is 23.7 Å². The first kappa shape index (κ1) is 28.2. The van der Waals surface area contributed by atoms with E-state index in [-0.39, 0.29) is 6.04 Å². The normalized spacial score (nSPS) is 16.1. The van der Waals surface area contributed by atoms with Gasteiger partial charge in [0.1, 0.15) is 0 Å². The molecule has 0 radical (unpaired) electrons. The molecule has 204 valence electrons. The molecule has 1 saturated heterocycles. The lowest BCUT2D eigenvalue weighted by atomic mass is 9.89. The molecule has 0 amide bonds. The van der Waals surface area contributed by atoms with Gasteiger partial charge in [0, 0.05) is 0 Å². The molecular weight excluding hydrogens is 462 g/mol. The molecule has 0 saturated carbocycles. The minimum atomic E-state index is 0.188. The average Bonchev–Trinajstić information content (AvgIpc) is 3.26. The lowest BCUT2D eigenvalue weighted by molar-refractivity contribution is 0.658. The molecular formula is C35H49N3. The predicted octanol–water partition coefficient (Wildman–Crippen LogP) is 9.59. The van der Waals surface area contributed by atoms with Crippen molar-refractivity contribution >= 4 is 11.4 Å². The Morgan fingerprint density at radius 3 is 1.42 bits per heavy atom. The van der Waals surface area contributed by atoms with Gasteiger partial charge in [0.05, 0.1) is 24.0 Å². The Labute approximate surface area is 232 Å². The topological polar surface area (TPSA) is 18.5 Å². The van der Waals surface area contributed by atoms with Gasteiger partial charge < -0.3 is 0 Å². The second kappa shape index (κ2) is 11.1. The van der Waals surface area contributed by atoms with Crippen LogP contribution in [0.5, 0.6) is 0 Å². The molecule has 1 fully saturated rings. The Kier molecular flexibility index (Phi) is 8.28. The van der Waals surface area contributed by atoms with Crippen LogP contribution in [0.4, 0.5) is 11.4 Å². The van der Waals surface area contributed by atoms with E-state index in [1.165, 1.54) is 55.9 Å². The number of anilines is 2. The highest BCUT2D eigenvalue weighted by molar-refractivity contribution is 5.68. The first-order valence-electron chi connectivity index (χ1n) is 14.6. The van der Waals surface area contributed by atoms with Crippen LogP contribution in [-0.4, -0.2) is 6.54 Å². The summed E-state index contributed by atoms with van der Waals surface area (Å²) in [5.74, 6) is 1.73. The molecule has 0 aromatic heterocycles. The number of benzene rings is 3. The van der Waals surface area contributed by atoms with Crippen molar-refractivity contribution in [3.8, 4) is 0 Å². The van der Waals surface area contributed by atoms with E-state index >= 15 is 0 Å². The fourth-order valence-corrected chi connectivity index (χ4v) is 6.39. The molecule has 3 nitrogen and oxygen atoms in total. The third-order valence-electron chi connectivity index (χ3n) is 8.16. The Morgan fingerprint density at radius 1 is 0.632 bits per heavy atom. The maximum absolute atomic E-state index is 3.99. The second-order valence-electron chi connectivity index (χ2n) is 12.6. The number of para-hydroxylation sites is 2. The lowest BCUT2D eigenvalue weighted by Gasteiger charge is -2.34. The molecule has 1 N–H and O–H groups in total. The summed E-state index contributed by atoms with van der Waals surface area (Å²) in [6.07, 6.45) is 0. The summed E-state index contributed by atoms with van der Waals surface area (Å²) in [7, 11) is 0. The molecule has 0 bridgehead atoms.